The monoisotopic (exact) mass is 337 g/mol. The van der Waals surface area contributed by atoms with Gasteiger partial charge in [0.05, 0.1) is 11.4 Å². The van der Waals surface area contributed by atoms with Crippen molar-refractivity contribution in [3.05, 3.63) is 77.2 Å². The Morgan fingerprint density at radius 1 is 1.08 bits per heavy atom. The maximum Gasteiger partial charge on any atom is 0.225 e. The van der Waals surface area contributed by atoms with Crippen molar-refractivity contribution in [3.63, 3.8) is 0 Å². The Bertz CT molecular complexity index is 867. The maximum absolute atomic E-state index is 13.1. The molecule has 0 bridgehead atoms. The fourth-order valence-corrected chi connectivity index (χ4v) is 2.59. The molecular weight excluding hydrogens is 317 g/mol. The summed E-state index contributed by atoms with van der Waals surface area (Å²) in [4.78, 5) is 12.3. The SMILES string of the molecule is Cc1ccc(CCC(=O)Nc2cc(C)nn2-c2ccc(F)cc2)cc1. The van der Waals surface area contributed by atoms with Gasteiger partial charge < -0.3 is 5.32 Å². The van der Waals surface area contributed by atoms with Gasteiger partial charge in [0.15, 0.2) is 0 Å². The minimum Gasteiger partial charge on any atom is -0.311 e. The first kappa shape index (κ1) is 16.9. The molecule has 1 aromatic heterocycles. The van der Waals surface area contributed by atoms with Crippen LogP contribution in [0.1, 0.15) is 23.2 Å². The molecule has 0 aliphatic heterocycles. The molecule has 0 radical (unpaired) electrons. The molecule has 0 unspecified atom stereocenters. The van der Waals surface area contributed by atoms with Crippen molar-refractivity contribution in [2.45, 2.75) is 26.7 Å². The summed E-state index contributed by atoms with van der Waals surface area (Å²) in [5.74, 6) is 0.193. The molecule has 0 spiro atoms. The summed E-state index contributed by atoms with van der Waals surface area (Å²) >= 11 is 0. The fourth-order valence-electron chi connectivity index (χ4n) is 2.59. The summed E-state index contributed by atoms with van der Waals surface area (Å²) in [6.07, 6.45) is 1.06. The van der Waals surface area contributed by atoms with Gasteiger partial charge in [-0.3, -0.25) is 4.79 Å². The van der Waals surface area contributed by atoms with Gasteiger partial charge in [-0.15, -0.1) is 0 Å². The van der Waals surface area contributed by atoms with E-state index in [1.165, 1.54) is 17.7 Å². The van der Waals surface area contributed by atoms with Crippen LogP contribution in [0.5, 0.6) is 0 Å². The van der Waals surface area contributed by atoms with Crippen LogP contribution in [0.2, 0.25) is 0 Å². The van der Waals surface area contributed by atoms with E-state index >= 15 is 0 Å². The van der Waals surface area contributed by atoms with E-state index in [0.29, 0.717) is 24.3 Å². The zero-order valence-corrected chi connectivity index (χ0v) is 14.3. The van der Waals surface area contributed by atoms with Crippen LogP contribution in [0.3, 0.4) is 0 Å². The number of nitrogens with zero attached hydrogens (tertiary/aromatic N) is 2. The lowest BCUT2D eigenvalue weighted by Crippen LogP contribution is -2.15. The lowest BCUT2D eigenvalue weighted by molar-refractivity contribution is -0.116. The van der Waals surface area contributed by atoms with E-state index in [9.17, 15) is 9.18 Å². The standard InChI is InChI=1S/C20H20FN3O/c1-14-3-5-16(6-4-14)7-12-20(25)22-19-13-15(2)23-24(19)18-10-8-17(21)9-11-18/h3-6,8-11,13H,7,12H2,1-2H3,(H,22,25). The molecule has 25 heavy (non-hydrogen) atoms. The molecule has 128 valence electrons. The Hall–Kier alpha value is -2.95. The maximum atomic E-state index is 13.1. The number of hydrogen-bond acceptors (Lipinski definition) is 2. The summed E-state index contributed by atoms with van der Waals surface area (Å²) in [6, 6.07) is 16.0. The largest absolute Gasteiger partial charge is 0.311 e. The lowest BCUT2D eigenvalue weighted by atomic mass is 10.1. The van der Waals surface area contributed by atoms with Crippen molar-refractivity contribution in [3.8, 4) is 5.69 Å². The van der Waals surface area contributed by atoms with Gasteiger partial charge in [-0.25, -0.2) is 9.07 Å². The number of hydrogen-bond donors (Lipinski definition) is 1. The summed E-state index contributed by atoms with van der Waals surface area (Å²) in [5.41, 5.74) is 3.80. The Kier molecular flexibility index (Phi) is 4.93. The fraction of sp³-hybridized carbons (Fsp3) is 0.200. The van der Waals surface area contributed by atoms with Crippen molar-refractivity contribution in [2.75, 3.05) is 5.32 Å². The smallest absolute Gasteiger partial charge is 0.225 e. The summed E-state index contributed by atoms with van der Waals surface area (Å²) < 4.78 is 14.7. The predicted octanol–water partition coefficient (Wildman–Crippen LogP) is 4.20. The van der Waals surface area contributed by atoms with Crippen LogP contribution in [0.4, 0.5) is 10.2 Å². The number of carbonyl (C=O) groups excluding carboxylic acids is 1. The molecule has 3 aromatic rings. The van der Waals surface area contributed by atoms with E-state index in [-0.39, 0.29) is 11.7 Å². The number of amides is 1. The third-order valence-electron chi connectivity index (χ3n) is 3.93. The highest BCUT2D eigenvalue weighted by Gasteiger charge is 2.11. The second-order valence-corrected chi connectivity index (χ2v) is 6.09. The number of benzene rings is 2. The van der Waals surface area contributed by atoms with Crippen LogP contribution >= 0.6 is 0 Å². The third kappa shape index (κ3) is 4.32. The molecule has 4 nitrogen and oxygen atoms in total. The molecule has 2 aromatic carbocycles. The predicted molar refractivity (Wildman–Crippen MR) is 96.4 cm³/mol. The van der Waals surface area contributed by atoms with E-state index < -0.39 is 0 Å². The zero-order chi connectivity index (χ0) is 17.8. The van der Waals surface area contributed by atoms with Crippen LogP contribution in [0, 0.1) is 19.7 Å². The Balaban J connectivity index is 1.69. The van der Waals surface area contributed by atoms with Crippen LogP contribution in [0.15, 0.2) is 54.6 Å². The molecule has 0 saturated carbocycles. The summed E-state index contributed by atoms with van der Waals surface area (Å²) in [7, 11) is 0. The molecule has 0 saturated heterocycles. The highest BCUT2D eigenvalue weighted by atomic mass is 19.1. The van der Waals surface area contributed by atoms with Crippen molar-refractivity contribution >= 4 is 11.7 Å². The summed E-state index contributed by atoms with van der Waals surface area (Å²) in [5, 5.41) is 7.26. The first-order valence-corrected chi connectivity index (χ1v) is 8.19. The van der Waals surface area contributed by atoms with Gasteiger partial charge >= 0.3 is 0 Å². The molecule has 1 heterocycles. The molecule has 0 fully saturated rings. The molecule has 5 heteroatoms. The molecule has 1 N–H and O–H groups in total. The van der Waals surface area contributed by atoms with Crippen LogP contribution in [0.25, 0.3) is 5.69 Å². The van der Waals surface area contributed by atoms with E-state index in [1.54, 1.807) is 22.9 Å². The van der Waals surface area contributed by atoms with Gasteiger partial charge in [-0.1, -0.05) is 29.8 Å². The average Bonchev–Trinajstić information content (AvgIpc) is 2.95. The van der Waals surface area contributed by atoms with Crippen LogP contribution in [-0.2, 0) is 11.2 Å². The number of aromatic nitrogens is 2. The van der Waals surface area contributed by atoms with Gasteiger partial charge in [0, 0.05) is 12.5 Å². The van der Waals surface area contributed by atoms with Gasteiger partial charge in [-0.2, -0.15) is 5.10 Å². The van der Waals surface area contributed by atoms with Gasteiger partial charge in [0.2, 0.25) is 5.91 Å². The summed E-state index contributed by atoms with van der Waals surface area (Å²) in [6.45, 7) is 3.89. The van der Waals surface area contributed by atoms with E-state index in [1.807, 2.05) is 38.1 Å². The number of nitrogens with one attached hydrogen (secondary N) is 1. The Morgan fingerprint density at radius 3 is 2.44 bits per heavy atom. The van der Waals surface area contributed by atoms with Gasteiger partial charge in [-0.05, 0) is 50.1 Å². The number of aryl methyl sites for hydroxylation is 3. The normalized spacial score (nSPS) is 10.7. The van der Waals surface area contributed by atoms with E-state index in [2.05, 4.69) is 10.4 Å². The lowest BCUT2D eigenvalue weighted by Gasteiger charge is -2.09. The first-order chi connectivity index (χ1) is 12.0. The van der Waals surface area contributed by atoms with E-state index in [4.69, 9.17) is 0 Å². The minimum absolute atomic E-state index is 0.0798. The number of halogens is 1. The van der Waals surface area contributed by atoms with Gasteiger partial charge in [0.1, 0.15) is 11.6 Å². The molecular formula is C20H20FN3O. The van der Waals surface area contributed by atoms with Crippen LogP contribution < -0.4 is 5.32 Å². The van der Waals surface area contributed by atoms with Crippen molar-refractivity contribution in [1.82, 2.24) is 9.78 Å². The molecule has 3 rings (SSSR count). The first-order valence-electron chi connectivity index (χ1n) is 8.19. The minimum atomic E-state index is -0.309. The number of anilines is 1. The second kappa shape index (κ2) is 7.30. The van der Waals surface area contributed by atoms with Crippen molar-refractivity contribution in [1.29, 1.82) is 0 Å². The Labute approximate surface area is 146 Å². The number of carbonyl (C=O) groups is 1. The highest BCUT2D eigenvalue weighted by Crippen LogP contribution is 2.18. The third-order valence-corrected chi connectivity index (χ3v) is 3.93. The average molecular weight is 337 g/mol. The molecule has 0 aliphatic carbocycles. The molecule has 1 amide bonds. The highest BCUT2D eigenvalue weighted by molar-refractivity contribution is 5.90. The zero-order valence-electron chi connectivity index (χ0n) is 14.3. The topological polar surface area (TPSA) is 46.9 Å². The van der Waals surface area contributed by atoms with Crippen molar-refractivity contribution < 1.29 is 9.18 Å². The molecule has 0 aliphatic rings. The molecule has 0 atom stereocenters. The quantitative estimate of drug-likeness (QED) is 0.758. The number of rotatable bonds is 5. The second-order valence-electron chi connectivity index (χ2n) is 6.09. The van der Waals surface area contributed by atoms with Crippen molar-refractivity contribution in [2.24, 2.45) is 0 Å². The Morgan fingerprint density at radius 2 is 1.76 bits per heavy atom. The van der Waals surface area contributed by atoms with Gasteiger partial charge in [0.25, 0.3) is 0 Å². The van der Waals surface area contributed by atoms with Crippen LogP contribution in [-0.4, -0.2) is 15.7 Å². The van der Waals surface area contributed by atoms with E-state index in [0.717, 1.165) is 11.3 Å².